The van der Waals surface area contributed by atoms with Crippen LogP contribution in [0, 0.1) is 0 Å². The first-order valence-corrected chi connectivity index (χ1v) is 6.90. The lowest BCUT2D eigenvalue weighted by Crippen LogP contribution is -2.44. The van der Waals surface area contributed by atoms with Gasteiger partial charge < -0.3 is 15.4 Å². The van der Waals surface area contributed by atoms with E-state index in [1.807, 2.05) is 4.90 Å². The number of ether oxygens (including phenoxy) is 1. The molecule has 1 heterocycles. The number of primary amides is 1. The Hall–Kier alpha value is -2.04. The van der Waals surface area contributed by atoms with E-state index >= 15 is 0 Å². The summed E-state index contributed by atoms with van der Waals surface area (Å²) >= 11 is 0. The topological polar surface area (TPSA) is 72.6 Å². The molecule has 1 fully saturated rings. The molecule has 0 aromatic heterocycles. The number of piperidine rings is 1. The lowest BCUT2D eigenvalue weighted by atomic mass is 10.0. The SMILES string of the molecule is C[C@H]1CCCCN1C(=O)COc1ccccc1C(N)=O. The molecule has 1 saturated heterocycles. The van der Waals surface area contributed by atoms with Crippen molar-refractivity contribution in [3.05, 3.63) is 29.8 Å². The van der Waals surface area contributed by atoms with Crippen LogP contribution in [0.3, 0.4) is 0 Å². The highest BCUT2D eigenvalue weighted by Gasteiger charge is 2.23. The summed E-state index contributed by atoms with van der Waals surface area (Å²) in [4.78, 5) is 25.3. The zero-order valence-electron chi connectivity index (χ0n) is 11.7. The van der Waals surface area contributed by atoms with Crippen molar-refractivity contribution in [1.29, 1.82) is 0 Å². The molecule has 1 atom stereocenters. The Balaban J connectivity index is 1.98. The highest BCUT2D eigenvalue weighted by Crippen LogP contribution is 2.19. The Bertz CT molecular complexity index is 502. The minimum absolute atomic E-state index is 0.0449. The summed E-state index contributed by atoms with van der Waals surface area (Å²) in [7, 11) is 0. The Kier molecular flexibility index (Phi) is 4.61. The molecule has 0 bridgehead atoms. The van der Waals surface area contributed by atoms with Crippen molar-refractivity contribution in [3.8, 4) is 5.75 Å². The van der Waals surface area contributed by atoms with E-state index in [2.05, 4.69) is 6.92 Å². The van der Waals surface area contributed by atoms with Crippen LogP contribution >= 0.6 is 0 Å². The van der Waals surface area contributed by atoms with Gasteiger partial charge in [-0.05, 0) is 38.3 Å². The summed E-state index contributed by atoms with van der Waals surface area (Å²) in [6.07, 6.45) is 3.23. The molecule has 2 N–H and O–H groups in total. The van der Waals surface area contributed by atoms with Gasteiger partial charge in [-0.15, -0.1) is 0 Å². The number of amides is 2. The standard InChI is InChI=1S/C15H20N2O3/c1-11-6-4-5-9-17(11)14(18)10-20-13-8-3-2-7-12(13)15(16)19/h2-3,7-8,11H,4-6,9-10H2,1H3,(H2,16,19)/t11-/m0/s1. The lowest BCUT2D eigenvalue weighted by molar-refractivity contribution is -0.136. The fourth-order valence-electron chi connectivity index (χ4n) is 2.49. The number of carbonyl (C=O) groups excluding carboxylic acids is 2. The first-order valence-electron chi connectivity index (χ1n) is 6.90. The van der Waals surface area contributed by atoms with Crippen molar-refractivity contribution in [3.63, 3.8) is 0 Å². The summed E-state index contributed by atoms with van der Waals surface area (Å²) < 4.78 is 5.47. The zero-order valence-corrected chi connectivity index (χ0v) is 11.7. The first-order chi connectivity index (χ1) is 9.59. The maximum absolute atomic E-state index is 12.1. The van der Waals surface area contributed by atoms with Crippen molar-refractivity contribution in [2.24, 2.45) is 5.73 Å². The molecule has 0 unspecified atom stereocenters. The Morgan fingerprint density at radius 1 is 1.35 bits per heavy atom. The number of hydrogen-bond acceptors (Lipinski definition) is 3. The van der Waals surface area contributed by atoms with Crippen molar-refractivity contribution in [2.75, 3.05) is 13.2 Å². The minimum Gasteiger partial charge on any atom is -0.483 e. The molecule has 1 aromatic carbocycles. The molecular formula is C15H20N2O3. The number of benzene rings is 1. The zero-order chi connectivity index (χ0) is 14.5. The normalized spacial score (nSPS) is 18.6. The highest BCUT2D eigenvalue weighted by atomic mass is 16.5. The Morgan fingerprint density at radius 3 is 2.80 bits per heavy atom. The molecule has 20 heavy (non-hydrogen) atoms. The maximum Gasteiger partial charge on any atom is 0.260 e. The maximum atomic E-state index is 12.1. The van der Waals surface area contributed by atoms with E-state index in [1.54, 1.807) is 24.3 Å². The molecule has 5 nitrogen and oxygen atoms in total. The fourth-order valence-corrected chi connectivity index (χ4v) is 2.49. The number of rotatable bonds is 4. The summed E-state index contributed by atoms with van der Waals surface area (Å²) in [5, 5.41) is 0. The third-order valence-corrected chi connectivity index (χ3v) is 3.63. The van der Waals surface area contributed by atoms with Gasteiger partial charge in [0.25, 0.3) is 11.8 Å². The second-order valence-electron chi connectivity index (χ2n) is 5.08. The second kappa shape index (κ2) is 6.41. The molecule has 108 valence electrons. The number of nitrogens with two attached hydrogens (primary N) is 1. The third kappa shape index (κ3) is 3.29. The monoisotopic (exact) mass is 276 g/mol. The smallest absolute Gasteiger partial charge is 0.260 e. The van der Waals surface area contributed by atoms with Crippen molar-refractivity contribution < 1.29 is 14.3 Å². The number of nitrogens with zero attached hydrogens (tertiary/aromatic N) is 1. The van der Waals surface area contributed by atoms with Gasteiger partial charge in [-0.25, -0.2) is 0 Å². The molecule has 2 amide bonds. The average Bonchev–Trinajstić information content (AvgIpc) is 2.45. The van der Waals surface area contributed by atoms with Gasteiger partial charge >= 0.3 is 0 Å². The molecular weight excluding hydrogens is 256 g/mol. The van der Waals surface area contributed by atoms with Crippen molar-refractivity contribution in [1.82, 2.24) is 4.90 Å². The van der Waals surface area contributed by atoms with Crippen molar-refractivity contribution in [2.45, 2.75) is 32.2 Å². The van der Waals surface area contributed by atoms with Crippen LogP contribution in [0.4, 0.5) is 0 Å². The number of para-hydroxylation sites is 1. The fraction of sp³-hybridized carbons (Fsp3) is 0.467. The van der Waals surface area contributed by atoms with Crippen LogP contribution in [0.1, 0.15) is 36.5 Å². The van der Waals surface area contributed by atoms with E-state index < -0.39 is 5.91 Å². The molecule has 2 rings (SSSR count). The van der Waals surface area contributed by atoms with Crippen LogP contribution in [0.2, 0.25) is 0 Å². The van der Waals surface area contributed by atoms with Crippen LogP contribution in [0.5, 0.6) is 5.75 Å². The van der Waals surface area contributed by atoms with Crippen LogP contribution < -0.4 is 10.5 Å². The predicted octanol–water partition coefficient (Wildman–Crippen LogP) is 1.57. The quantitative estimate of drug-likeness (QED) is 0.907. The Morgan fingerprint density at radius 2 is 2.10 bits per heavy atom. The van der Waals surface area contributed by atoms with Crippen LogP contribution in [0.25, 0.3) is 0 Å². The summed E-state index contributed by atoms with van der Waals surface area (Å²) in [6.45, 7) is 2.77. The van der Waals surface area contributed by atoms with Gasteiger partial charge in [-0.2, -0.15) is 0 Å². The van der Waals surface area contributed by atoms with E-state index in [0.717, 1.165) is 25.8 Å². The Labute approximate surface area is 118 Å². The molecule has 1 aliphatic rings. The van der Waals surface area contributed by atoms with Crippen molar-refractivity contribution >= 4 is 11.8 Å². The largest absolute Gasteiger partial charge is 0.483 e. The van der Waals surface area contributed by atoms with E-state index in [-0.39, 0.29) is 18.6 Å². The molecule has 0 aliphatic carbocycles. The molecule has 0 saturated carbocycles. The average molecular weight is 276 g/mol. The molecule has 0 radical (unpaired) electrons. The van der Waals surface area contributed by atoms with Crippen LogP contribution in [-0.4, -0.2) is 35.9 Å². The molecule has 5 heteroatoms. The predicted molar refractivity (Wildman–Crippen MR) is 75.5 cm³/mol. The highest BCUT2D eigenvalue weighted by molar-refractivity contribution is 5.95. The minimum atomic E-state index is -0.556. The molecule has 0 spiro atoms. The van der Waals surface area contributed by atoms with Gasteiger partial charge in [-0.3, -0.25) is 9.59 Å². The van der Waals surface area contributed by atoms with Gasteiger partial charge in [0.2, 0.25) is 0 Å². The van der Waals surface area contributed by atoms with Gasteiger partial charge in [-0.1, -0.05) is 12.1 Å². The number of likely N-dealkylation sites (tertiary alicyclic amines) is 1. The second-order valence-corrected chi connectivity index (χ2v) is 5.08. The van der Waals surface area contributed by atoms with E-state index in [1.165, 1.54) is 0 Å². The number of carbonyl (C=O) groups is 2. The van der Waals surface area contributed by atoms with Crippen LogP contribution in [-0.2, 0) is 4.79 Å². The van der Waals surface area contributed by atoms with E-state index in [9.17, 15) is 9.59 Å². The lowest BCUT2D eigenvalue weighted by Gasteiger charge is -2.33. The van der Waals surface area contributed by atoms with Gasteiger partial charge in [0.1, 0.15) is 5.75 Å². The third-order valence-electron chi connectivity index (χ3n) is 3.63. The van der Waals surface area contributed by atoms with Gasteiger partial charge in [0, 0.05) is 12.6 Å². The van der Waals surface area contributed by atoms with Gasteiger partial charge in [0.15, 0.2) is 6.61 Å². The van der Waals surface area contributed by atoms with E-state index in [0.29, 0.717) is 11.3 Å². The summed E-state index contributed by atoms with van der Waals surface area (Å²) in [5.41, 5.74) is 5.57. The number of hydrogen-bond donors (Lipinski definition) is 1. The van der Waals surface area contributed by atoms with E-state index in [4.69, 9.17) is 10.5 Å². The van der Waals surface area contributed by atoms with Crippen LogP contribution in [0.15, 0.2) is 24.3 Å². The van der Waals surface area contributed by atoms with Gasteiger partial charge in [0.05, 0.1) is 5.56 Å². The summed E-state index contributed by atoms with van der Waals surface area (Å²) in [5.74, 6) is -0.242. The molecule has 1 aliphatic heterocycles. The summed E-state index contributed by atoms with van der Waals surface area (Å²) in [6, 6.07) is 6.95. The first kappa shape index (κ1) is 14.4. The molecule has 1 aromatic rings.